The van der Waals surface area contributed by atoms with Crippen molar-refractivity contribution in [1.29, 1.82) is 0 Å². The largest absolute Gasteiger partial charge is 0.507 e. The van der Waals surface area contributed by atoms with Crippen LogP contribution in [0, 0.1) is 0 Å². The topological polar surface area (TPSA) is 70.5 Å². The second-order valence-corrected chi connectivity index (χ2v) is 8.25. The Morgan fingerprint density at radius 1 is 0.897 bits per heavy atom. The first-order valence-corrected chi connectivity index (χ1v) is 10.3. The van der Waals surface area contributed by atoms with E-state index in [1.807, 2.05) is 24.3 Å². The lowest BCUT2D eigenvalue weighted by Crippen LogP contribution is -2.30. The summed E-state index contributed by atoms with van der Waals surface area (Å²) in [4.78, 5) is 31.5. The first kappa shape index (κ1) is 19.5. The Labute approximate surface area is 184 Å². The molecule has 0 radical (unpaired) electrons. The van der Waals surface area contributed by atoms with Gasteiger partial charge >= 0.3 is 5.91 Å². The van der Waals surface area contributed by atoms with Crippen molar-refractivity contribution in [2.45, 2.75) is 6.04 Å². The van der Waals surface area contributed by atoms with E-state index in [9.17, 15) is 14.7 Å². The smallest absolute Gasteiger partial charge is 0.301 e. The molecule has 3 aromatic rings. The summed E-state index contributed by atoms with van der Waals surface area (Å²) in [5.74, 6) is -1.35. The van der Waals surface area contributed by atoms with Gasteiger partial charge in [-0.05, 0) is 42.0 Å². The number of anilines is 1. The van der Waals surface area contributed by atoms with E-state index in [4.69, 9.17) is 0 Å². The second kappa shape index (κ2) is 7.93. The highest BCUT2D eigenvalue weighted by molar-refractivity contribution is 9.10. The lowest BCUT2D eigenvalue weighted by Gasteiger charge is -2.24. The molecule has 1 atom stereocenters. The molecule has 1 aromatic heterocycles. The zero-order chi connectivity index (χ0) is 20.5. The van der Waals surface area contributed by atoms with Gasteiger partial charge in [-0.15, -0.1) is 0 Å². The molecule has 0 bridgehead atoms. The van der Waals surface area contributed by atoms with Gasteiger partial charge < -0.3 is 5.11 Å². The van der Waals surface area contributed by atoms with Crippen molar-refractivity contribution >= 4 is 55.1 Å². The standard InChI is InChI=1S/C22H14Br2N2O3/c23-15-8-4-13(5-9-15)19-18(20(27)14-6-10-16(24)11-7-14)21(28)22(29)26(19)17-3-1-2-12-25-17/h1-12,19,27H/t19-/m0/s1. The first-order chi connectivity index (χ1) is 14.0. The van der Waals surface area contributed by atoms with Crippen molar-refractivity contribution in [2.24, 2.45) is 0 Å². The maximum Gasteiger partial charge on any atom is 0.301 e. The molecule has 0 saturated carbocycles. The number of halogens is 2. The number of aromatic nitrogens is 1. The van der Waals surface area contributed by atoms with Crippen LogP contribution in [-0.4, -0.2) is 21.8 Å². The molecular formula is C22H14Br2N2O3. The van der Waals surface area contributed by atoms with E-state index in [0.717, 1.165) is 8.95 Å². The van der Waals surface area contributed by atoms with E-state index < -0.39 is 17.7 Å². The van der Waals surface area contributed by atoms with Crippen molar-refractivity contribution in [3.8, 4) is 0 Å². The SMILES string of the molecule is O=C1C(=O)N(c2ccccn2)[C@@H](c2ccc(Br)cc2)C1=C(O)c1ccc(Br)cc1. The van der Waals surface area contributed by atoms with Gasteiger partial charge in [-0.25, -0.2) is 4.98 Å². The average Bonchev–Trinajstić information content (AvgIpc) is 3.00. The van der Waals surface area contributed by atoms with Crippen LogP contribution in [-0.2, 0) is 9.59 Å². The summed E-state index contributed by atoms with van der Waals surface area (Å²) >= 11 is 6.75. The summed E-state index contributed by atoms with van der Waals surface area (Å²) in [6.45, 7) is 0. The van der Waals surface area contributed by atoms with Crippen molar-refractivity contribution in [1.82, 2.24) is 4.98 Å². The van der Waals surface area contributed by atoms with Gasteiger partial charge in [0.1, 0.15) is 11.6 Å². The minimum Gasteiger partial charge on any atom is -0.507 e. The van der Waals surface area contributed by atoms with Crippen LogP contribution in [0.15, 0.2) is 87.4 Å². The van der Waals surface area contributed by atoms with Gasteiger partial charge in [0.05, 0.1) is 11.6 Å². The monoisotopic (exact) mass is 512 g/mol. The van der Waals surface area contributed by atoms with Crippen LogP contribution in [0.1, 0.15) is 17.2 Å². The summed E-state index contributed by atoms with van der Waals surface area (Å²) < 4.78 is 1.70. The van der Waals surface area contributed by atoms with E-state index in [0.29, 0.717) is 16.9 Å². The van der Waals surface area contributed by atoms with Crippen LogP contribution >= 0.6 is 31.9 Å². The Kier molecular flexibility index (Phi) is 5.34. The number of amides is 1. The Balaban J connectivity index is 1.94. The molecule has 1 aliphatic heterocycles. The fraction of sp³-hybridized carbons (Fsp3) is 0.0455. The van der Waals surface area contributed by atoms with Crippen LogP contribution in [0.2, 0.25) is 0 Å². The fourth-order valence-corrected chi connectivity index (χ4v) is 3.82. The zero-order valence-corrected chi connectivity index (χ0v) is 18.1. The Morgan fingerprint density at radius 3 is 2.10 bits per heavy atom. The molecule has 2 aromatic carbocycles. The summed E-state index contributed by atoms with van der Waals surface area (Å²) in [7, 11) is 0. The van der Waals surface area contributed by atoms with Gasteiger partial charge in [0.2, 0.25) is 0 Å². The van der Waals surface area contributed by atoms with Crippen molar-refractivity contribution in [3.05, 3.63) is 98.6 Å². The van der Waals surface area contributed by atoms with Crippen molar-refractivity contribution in [3.63, 3.8) is 0 Å². The number of pyridine rings is 1. The van der Waals surface area contributed by atoms with Crippen molar-refractivity contribution in [2.75, 3.05) is 4.90 Å². The normalized spacial score (nSPS) is 18.3. The van der Waals surface area contributed by atoms with E-state index in [1.54, 1.807) is 48.7 Å². The Bertz CT molecular complexity index is 1110. The molecule has 1 saturated heterocycles. The molecule has 2 heterocycles. The van der Waals surface area contributed by atoms with Gasteiger partial charge in [-0.1, -0.05) is 62.2 Å². The third kappa shape index (κ3) is 3.63. The molecule has 0 spiro atoms. The van der Waals surface area contributed by atoms with Crippen LogP contribution in [0.25, 0.3) is 5.76 Å². The third-order valence-corrected chi connectivity index (χ3v) is 5.70. The highest BCUT2D eigenvalue weighted by Crippen LogP contribution is 2.41. The van der Waals surface area contributed by atoms with Crippen LogP contribution in [0.5, 0.6) is 0 Å². The maximum atomic E-state index is 13.0. The lowest BCUT2D eigenvalue weighted by molar-refractivity contribution is -0.132. The van der Waals surface area contributed by atoms with Crippen LogP contribution < -0.4 is 4.90 Å². The van der Waals surface area contributed by atoms with Crippen molar-refractivity contribution < 1.29 is 14.7 Å². The molecule has 1 aliphatic rings. The van der Waals surface area contributed by atoms with E-state index in [1.165, 1.54) is 4.90 Å². The van der Waals surface area contributed by atoms with Gasteiger partial charge in [0.25, 0.3) is 5.78 Å². The average molecular weight is 514 g/mol. The third-order valence-electron chi connectivity index (χ3n) is 4.64. The van der Waals surface area contributed by atoms with Crippen LogP contribution in [0.4, 0.5) is 5.82 Å². The molecular weight excluding hydrogens is 500 g/mol. The molecule has 4 rings (SSSR count). The number of nitrogens with zero attached hydrogens (tertiary/aromatic N) is 2. The molecule has 1 N–H and O–H groups in total. The molecule has 29 heavy (non-hydrogen) atoms. The molecule has 1 fully saturated rings. The summed E-state index contributed by atoms with van der Waals surface area (Å²) in [6.07, 6.45) is 1.56. The van der Waals surface area contributed by atoms with Gasteiger partial charge in [0, 0.05) is 20.7 Å². The van der Waals surface area contributed by atoms with Gasteiger partial charge in [0.15, 0.2) is 0 Å². The number of ketones is 1. The number of aliphatic hydroxyl groups excluding tert-OH is 1. The number of hydrogen-bond acceptors (Lipinski definition) is 4. The van der Waals surface area contributed by atoms with E-state index in [-0.39, 0.29) is 11.3 Å². The number of aliphatic hydroxyl groups is 1. The zero-order valence-electron chi connectivity index (χ0n) is 14.9. The molecule has 144 valence electrons. The maximum absolute atomic E-state index is 13.0. The molecule has 0 aliphatic carbocycles. The highest BCUT2D eigenvalue weighted by Gasteiger charge is 2.47. The molecule has 7 heteroatoms. The molecule has 5 nitrogen and oxygen atoms in total. The highest BCUT2D eigenvalue weighted by atomic mass is 79.9. The number of benzene rings is 2. The second-order valence-electron chi connectivity index (χ2n) is 6.42. The minimum atomic E-state index is -0.790. The fourth-order valence-electron chi connectivity index (χ4n) is 3.29. The summed E-state index contributed by atoms with van der Waals surface area (Å²) in [6, 6.07) is 18.5. The summed E-state index contributed by atoms with van der Waals surface area (Å²) in [5.41, 5.74) is 1.18. The minimum absolute atomic E-state index is 0.0327. The predicted molar refractivity (Wildman–Crippen MR) is 117 cm³/mol. The van der Waals surface area contributed by atoms with E-state index >= 15 is 0 Å². The molecule has 1 amide bonds. The quantitative estimate of drug-likeness (QED) is 0.295. The Hall–Kier alpha value is -2.77. The number of hydrogen-bond donors (Lipinski definition) is 1. The Morgan fingerprint density at radius 2 is 1.52 bits per heavy atom. The number of carbonyl (C=O) groups is 2. The van der Waals surface area contributed by atoms with Crippen LogP contribution in [0.3, 0.4) is 0 Å². The number of carbonyl (C=O) groups excluding carboxylic acids is 2. The summed E-state index contributed by atoms with van der Waals surface area (Å²) in [5, 5.41) is 11.0. The number of rotatable bonds is 3. The predicted octanol–water partition coefficient (Wildman–Crippen LogP) is 5.23. The van der Waals surface area contributed by atoms with E-state index in [2.05, 4.69) is 36.8 Å². The number of Topliss-reactive ketones (excluding diaryl/α,β-unsaturated/α-hetero) is 1. The molecule has 0 unspecified atom stereocenters. The first-order valence-electron chi connectivity index (χ1n) is 8.71. The van der Waals surface area contributed by atoms with Gasteiger partial charge in [-0.2, -0.15) is 0 Å². The lowest BCUT2D eigenvalue weighted by atomic mass is 9.95. The van der Waals surface area contributed by atoms with Gasteiger partial charge in [-0.3, -0.25) is 14.5 Å².